The summed E-state index contributed by atoms with van der Waals surface area (Å²) in [6, 6.07) is 4.98. The summed E-state index contributed by atoms with van der Waals surface area (Å²) < 4.78 is 0. The molecule has 0 aromatic carbocycles. The molecule has 1 rings (SSSR count). The van der Waals surface area contributed by atoms with E-state index in [2.05, 4.69) is 69.4 Å². The lowest BCUT2D eigenvalue weighted by Gasteiger charge is -2.29. The molecule has 2 nitrogen and oxygen atoms in total. The maximum absolute atomic E-state index is 3.59. The smallest absolute Gasteiger partial charge is 0.0112 e. The molecule has 0 saturated heterocycles. The number of rotatable bonds is 7. The minimum absolute atomic E-state index is 0.218. The minimum Gasteiger partial charge on any atom is -0.312 e. The monoisotopic (exact) mass is 282 g/mol. The molecule has 1 aromatic rings. The van der Waals surface area contributed by atoms with Crippen LogP contribution in [0.1, 0.15) is 39.5 Å². The molecule has 0 aliphatic rings. The quantitative estimate of drug-likeness (QED) is 0.821. The highest BCUT2D eigenvalue weighted by atomic mass is 32.1. The maximum Gasteiger partial charge on any atom is 0.0112 e. The van der Waals surface area contributed by atoms with Crippen LogP contribution in [0.5, 0.6) is 0 Å². The van der Waals surface area contributed by atoms with E-state index < -0.39 is 0 Å². The number of nitrogens with one attached hydrogen (secondary N) is 1. The van der Waals surface area contributed by atoms with Gasteiger partial charge in [-0.05, 0) is 65.1 Å². The maximum atomic E-state index is 3.59. The van der Waals surface area contributed by atoms with E-state index in [0.717, 1.165) is 19.5 Å². The summed E-state index contributed by atoms with van der Waals surface area (Å²) in [4.78, 5) is 3.97. The Morgan fingerprint density at radius 3 is 2.53 bits per heavy atom. The molecule has 2 atom stereocenters. The minimum atomic E-state index is 0.218. The van der Waals surface area contributed by atoms with Crippen molar-refractivity contribution in [3.63, 3.8) is 0 Å². The second kappa shape index (κ2) is 7.41. The predicted octanol–water partition coefficient (Wildman–Crippen LogP) is 3.64. The fourth-order valence-corrected chi connectivity index (χ4v) is 2.92. The van der Waals surface area contributed by atoms with Crippen molar-refractivity contribution in [1.29, 1.82) is 0 Å². The second-order valence-electron chi connectivity index (χ2n) is 6.81. The van der Waals surface area contributed by atoms with Crippen molar-refractivity contribution in [3.8, 4) is 0 Å². The van der Waals surface area contributed by atoms with Crippen LogP contribution in [0.3, 0.4) is 0 Å². The van der Waals surface area contributed by atoms with Gasteiger partial charge in [0.2, 0.25) is 0 Å². The number of hydrogen-bond acceptors (Lipinski definition) is 3. The standard InChI is InChI=1S/C16H30N2S/c1-13(11-17-16(3,4)5)12-18(6)14(2)10-15-8-7-9-19-15/h7-9,13-14,17H,10-12H2,1-6H3. The molecule has 0 radical (unpaired) electrons. The third kappa shape index (κ3) is 7.09. The lowest BCUT2D eigenvalue weighted by molar-refractivity contribution is 0.215. The van der Waals surface area contributed by atoms with Crippen molar-refractivity contribution in [2.24, 2.45) is 5.92 Å². The van der Waals surface area contributed by atoms with E-state index in [0.29, 0.717) is 12.0 Å². The van der Waals surface area contributed by atoms with Crippen LogP contribution >= 0.6 is 11.3 Å². The van der Waals surface area contributed by atoms with Gasteiger partial charge in [0.15, 0.2) is 0 Å². The average molecular weight is 282 g/mol. The highest BCUT2D eigenvalue weighted by Gasteiger charge is 2.15. The lowest BCUT2D eigenvalue weighted by Crippen LogP contribution is -2.42. The highest BCUT2D eigenvalue weighted by molar-refractivity contribution is 7.09. The van der Waals surface area contributed by atoms with Gasteiger partial charge in [0.05, 0.1) is 0 Å². The first-order valence-electron chi connectivity index (χ1n) is 7.25. The highest BCUT2D eigenvalue weighted by Crippen LogP contribution is 2.14. The first kappa shape index (κ1) is 16.7. The van der Waals surface area contributed by atoms with Gasteiger partial charge in [-0.25, -0.2) is 0 Å². The van der Waals surface area contributed by atoms with Gasteiger partial charge in [-0.2, -0.15) is 0 Å². The van der Waals surface area contributed by atoms with Crippen LogP contribution in [0.4, 0.5) is 0 Å². The van der Waals surface area contributed by atoms with Crippen LogP contribution in [-0.2, 0) is 6.42 Å². The van der Waals surface area contributed by atoms with Gasteiger partial charge in [-0.15, -0.1) is 11.3 Å². The van der Waals surface area contributed by atoms with Crippen molar-refractivity contribution in [2.75, 3.05) is 20.1 Å². The molecule has 0 spiro atoms. The average Bonchev–Trinajstić information content (AvgIpc) is 2.78. The van der Waals surface area contributed by atoms with Gasteiger partial charge in [0.1, 0.15) is 0 Å². The third-order valence-corrected chi connectivity index (χ3v) is 4.31. The Hall–Kier alpha value is -0.380. The summed E-state index contributed by atoms with van der Waals surface area (Å²) >= 11 is 1.86. The van der Waals surface area contributed by atoms with Crippen molar-refractivity contribution < 1.29 is 0 Å². The van der Waals surface area contributed by atoms with Crippen molar-refractivity contribution in [2.45, 2.75) is 52.6 Å². The Morgan fingerprint density at radius 1 is 1.32 bits per heavy atom. The molecule has 1 N–H and O–H groups in total. The fraction of sp³-hybridized carbons (Fsp3) is 0.750. The molecule has 1 heterocycles. The summed E-state index contributed by atoms with van der Waals surface area (Å²) in [6.07, 6.45) is 1.16. The van der Waals surface area contributed by atoms with Crippen LogP contribution in [0.15, 0.2) is 17.5 Å². The van der Waals surface area contributed by atoms with E-state index in [-0.39, 0.29) is 5.54 Å². The molecule has 110 valence electrons. The molecule has 0 fully saturated rings. The zero-order valence-electron chi connectivity index (χ0n) is 13.4. The van der Waals surface area contributed by atoms with E-state index in [9.17, 15) is 0 Å². The Kier molecular flexibility index (Phi) is 6.51. The van der Waals surface area contributed by atoms with E-state index in [1.54, 1.807) is 0 Å². The van der Waals surface area contributed by atoms with Crippen molar-refractivity contribution >= 4 is 11.3 Å². The number of hydrogen-bond donors (Lipinski definition) is 1. The van der Waals surface area contributed by atoms with Crippen LogP contribution in [-0.4, -0.2) is 36.6 Å². The Morgan fingerprint density at radius 2 is 2.00 bits per heavy atom. The molecule has 1 aromatic heterocycles. The molecule has 0 amide bonds. The van der Waals surface area contributed by atoms with Crippen LogP contribution in [0, 0.1) is 5.92 Å². The van der Waals surface area contributed by atoms with E-state index in [4.69, 9.17) is 0 Å². The zero-order chi connectivity index (χ0) is 14.5. The molecule has 2 unspecified atom stereocenters. The van der Waals surface area contributed by atoms with Crippen LogP contribution in [0.2, 0.25) is 0 Å². The molecule has 0 bridgehead atoms. The van der Waals surface area contributed by atoms with Gasteiger partial charge >= 0.3 is 0 Å². The molecular formula is C16H30N2S. The molecule has 3 heteroatoms. The second-order valence-corrected chi connectivity index (χ2v) is 7.84. The number of nitrogens with zero attached hydrogens (tertiary/aromatic N) is 1. The lowest BCUT2D eigenvalue weighted by atomic mass is 10.1. The summed E-state index contributed by atoms with van der Waals surface area (Å²) in [5, 5.41) is 5.75. The first-order chi connectivity index (χ1) is 8.78. The Bertz CT molecular complexity index is 340. The first-order valence-corrected chi connectivity index (χ1v) is 8.13. The summed E-state index contributed by atoms with van der Waals surface area (Å²) in [5.74, 6) is 0.676. The van der Waals surface area contributed by atoms with Gasteiger partial charge in [-0.1, -0.05) is 13.0 Å². The van der Waals surface area contributed by atoms with Crippen LogP contribution < -0.4 is 5.32 Å². The fourth-order valence-electron chi connectivity index (χ4n) is 2.09. The SMILES string of the molecule is CC(CNC(C)(C)C)CN(C)C(C)Cc1cccs1. The Balaban J connectivity index is 2.30. The molecule has 0 aliphatic carbocycles. The topological polar surface area (TPSA) is 15.3 Å². The zero-order valence-corrected chi connectivity index (χ0v) is 14.2. The van der Waals surface area contributed by atoms with Gasteiger partial charge < -0.3 is 10.2 Å². The largest absolute Gasteiger partial charge is 0.312 e. The van der Waals surface area contributed by atoms with Gasteiger partial charge in [0.25, 0.3) is 0 Å². The summed E-state index contributed by atoms with van der Waals surface area (Å²) in [6.45, 7) is 13.6. The third-order valence-electron chi connectivity index (χ3n) is 3.41. The molecule has 0 aliphatic heterocycles. The van der Waals surface area contributed by atoms with E-state index in [1.807, 2.05) is 11.3 Å². The normalized spacial score (nSPS) is 15.7. The van der Waals surface area contributed by atoms with E-state index >= 15 is 0 Å². The summed E-state index contributed by atoms with van der Waals surface area (Å²) in [5.41, 5.74) is 0.218. The van der Waals surface area contributed by atoms with E-state index in [1.165, 1.54) is 4.88 Å². The molecule has 0 saturated carbocycles. The number of thiophene rings is 1. The summed E-state index contributed by atoms with van der Waals surface area (Å²) in [7, 11) is 2.24. The number of likely N-dealkylation sites (N-methyl/N-ethyl adjacent to an activating group) is 1. The van der Waals surface area contributed by atoms with Crippen molar-refractivity contribution in [3.05, 3.63) is 22.4 Å². The molecule has 19 heavy (non-hydrogen) atoms. The predicted molar refractivity (Wildman–Crippen MR) is 87.0 cm³/mol. The Labute approximate surface area is 123 Å². The van der Waals surface area contributed by atoms with Crippen molar-refractivity contribution in [1.82, 2.24) is 10.2 Å². The van der Waals surface area contributed by atoms with Gasteiger partial charge in [-0.3, -0.25) is 0 Å². The van der Waals surface area contributed by atoms with Crippen LogP contribution in [0.25, 0.3) is 0 Å². The van der Waals surface area contributed by atoms with Gasteiger partial charge in [0, 0.05) is 23.0 Å². The molecular weight excluding hydrogens is 252 g/mol.